The van der Waals surface area contributed by atoms with Gasteiger partial charge in [0.2, 0.25) is 5.60 Å². The molecule has 42 heavy (non-hydrogen) atoms. The number of guanidine groups is 1. The summed E-state index contributed by atoms with van der Waals surface area (Å²) >= 11 is 0. The van der Waals surface area contributed by atoms with Crippen LogP contribution in [0.5, 0.6) is 17.2 Å². The van der Waals surface area contributed by atoms with Crippen molar-refractivity contribution in [2.24, 2.45) is 22.2 Å². The number of aryl methyl sites for hydroxylation is 1. The molecule has 3 rings (SSSR count). The van der Waals surface area contributed by atoms with Crippen molar-refractivity contribution in [1.82, 2.24) is 4.57 Å². The molecule has 0 spiro atoms. The van der Waals surface area contributed by atoms with Gasteiger partial charge in [-0.3, -0.25) is 4.99 Å². The Kier molecular flexibility index (Phi) is 10.8. The van der Waals surface area contributed by atoms with E-state index in [1.807, 2.05) is 22.9 Å². The van der Waals surface area contributed by atoms with Crippen molar-refractivity contribution < 1.29 is 36.4 Å². The van der Waals surface area contributed by atoms with E-state index in [1.54, 1.807) is 36.4 Å². The highest BCUT2D eigenvalue weighted by atomic mass is 32.2. The van der Waals surface area contributed by atoms with Gasteiger partial charge in [0.15, 0.2) is 5.96 Å². The van der Waals surface area contributed by atoms with E-state index in [2.05, 4.69) is 4.99 Å². The van der Waals surface area contributed by atoms with Crippen LogP contribution in [-0.2, 0) is 31.0 Å². The van der Waals surface area contributed by atoms with Crippen LogP contribution in [0.2, 0.25) is 0 Å². The molecule has 0 fully saturated rings. The fourth-order valence-corrected chi connectivity index (χ4v) is 4.35. The highest BCUT2D eigenvalue weighted by Gasteiger charge is 2.35. The lowest BCUT2D eigenvalue weighted by Crippen LogP contribution is -2.44. The summed E-state index contributed by atoms with van der Waals surface area (Å²) in [6.07, 6.45) is 4.34. The lowest BCUT2D eigenvalue weighted by atomic mass is 10.1. The van der Waals surface area contributed by atoms with Crippen LogP contribution in [0.4, 0.5) is 0 Å². The van der Waals surface area contributed by atoms with Gasteiger partial charge in [-0.25, -0.2) is 9.59 Å². The van der Waals surface area contributed by atoms with Crippen LogP contribution < -0.4 is 30.9 Å². The van der Waals surface area contributed by atoms with Gasteiger partial charge in [-0.2, -0.15) is 8.42 Å². The van der Waals surface area contributed by atoms with Crippen LogP contribution >= 0.6 is 0 Å². The summed E-state index contributed by atoms with van der Waals surface area (Å²) < 4.78 is 46.2. The van der Waals surface area contributed by atoms with Crippen LogP contribution in [0.1, 0.15) is 33.1 Å². The number of rotatable bonds is 15. The Morgan fingerprint density at radius 1 is 1.00 bits per heavy atom. The zero-order valence-corrected chi connectivity index (χ0v) is 24.6. The SMILES string of the molecule is CC(C)(Oc1ccc(OCCCn2ccc3cc(OS(C)(=O)=O)ccc32)cc1)C(=O)OC(=O)[C@@H](N)CCCN=C(N)N. The molecule has 1 atom stereocenters. The number of esters is 2. The molecule has 13 nitrogen and oxygen atoms in total. The van der Waals surface area contributed by atoms with E-state index in [9.17, 15) is 18.0 Å². The van der Waals surface area contributed by atoms with Gasteiger partial charge >= 0.3 is 22.1 Å². The minimum atomic E-state index is -3.59. The number of aliphatic imine (C=N–C) groups is 1. The van der Waals surface area contributed by atoms with Gasteiger partial charge in [0.25, 0.3) is 0 Å². The van der Waals surface area contributed by atoms with Crippen molar-refractivity contribution in [3.05, 3.63) is 54.7 Å². The molecule has 228 valence electrons. The van der Waals surface area contributed by atoms with Crippen LogP contribution in [0, 0.1) is 0 Å². The lowest BCUT2D eigenvalue weighted by molar-refractivity contribution is -0.170. The van der Waals surface area contributed by atoms with Crippen molar-refractivity contribution in [1.29, 1.82) is 0 Å². The van der Waals surface area contributed by atoms with E-state index in [0.29, 0.717) is 44.0 Å². The Bertz CT molecular complexity index is 1510. The highest BCUT2D eigenvalue weighted by Crippen LogP contribution is 2.25. The molecule has 0 unspecified atom stereocenters. The van der Waals surface area contributed by atoms with Crippen molar-refractivity contribution >= 4 is 38.9 Å². The molecule has 2 aromatic carbocycles. The normalized spacial score (nSPS) is 12.4. The Morgan fingerprint density at radius 3 is 2.33 bits per heavy atom. The Balaban J connectivity index is 1.44. The number of nitrogens with two attached hydrogens (primary N) is 3. The second-order valence-corrected chi connectivity index (χ2v) is 11.6. The first-order valence-electron chi connectivity index (χ1n) is 13.2. The van der Waals surface area contributed by atoms with E-state index in [1.165, 1.54) is 13.8 Å². The van der Waals surface area contributed by atoms with Gasteiger partial charge in [0.05, 0.1) is 12.9 Å². The molecular weight excluding hydrogens is 566 g/mol. The van der Waals surface area contributed by atoms with Gasteiger partial charge in [-0.15, -0.1) is 0 Å². The van der Waals surface area contributed by atoms with Crippen LogP contribution in [0.3, 0.4) is 0 Å². The quantitative estimate of drug-likeness (QED) is 0.0573. The third kappa shape index (κ3) is 9.96. The van der Waals surface area contributed by atoms with E-state index < -0.39 is 33.7 Å². The van der Waals surface area contributed by atoms with Gasteiger partial charge in [0.1, 0.15) is 23.3 Å². The van der Waals surface area contributed by atoms with Gasteiger partial charge in [-0.1, -0.05) is 0 Å². The van der Waals surface area contributed by atoms with Crippen molar-refractivity contribution in [2.75, 3.05) is 19.4 Å². The Hall–Kier alpha value is -4.30. The summed E-state index contributed by atoms with van der Waals surface area (Å²) in [5.41, 5.74) is 15.8. The molecule has 0 saturated heterocycles. The van der Waals surface area contributed by atoms with Crippen LogP contribution in [0.15, 0.2) is 59.7 Å². The number of hydrogen-bond donors (Lipinski definition) is 3. The van der Waals surface area contributed by atoms with E-state index in [4.69, 9.17) is 35.6 Å². The molecule has 0 radical (unpaired) electrons. The second-order valence-electron chi connectivity index (χ2n) is 10.1. The molecule has 0 bridgehead atoms. The van der Waals surface area contributed by atoms with Gasteiger partial charge < -0.3 is 40.2 Å². The van der Waals surface area contributed by atoms with E-state index >= 15 is 0 Å². The zero-order valence-electron chi connectivity index (χ0n) is 23.8. The number of ether oxygens (including phenoxy) is 3. The first kappa shape index (κ1) is 32.2. The molecule has 1 aromatic heterocycles. The van der Waals surface area contributed by atoms with Crippen molar-refractivity contribution in [3.8, 4) is 17.2 Å². The number of nitrogens with zero attached hydrogens (tertiary/aromatic N) is 2. The number of aromatic nitrogens is 1. The molecule has 0 amide bonds. The number of benzene rings is 2. The molecule has 0 saturated carbocycles. The zero-order chi connectivity index (χ0) is 30.9. The summed E-state index contributed by atoms with van der Waals surface area (Å²) in [6.45, 7) is 4.42. The largest absolute Gasteiger partial charge is 0.494 e. The van der Waals surface area contributed by atoms with Crippen molar-refractivity contribution in [3.63, 3.8) is 0 Å². The smallest absolute Gasteiger partial charge is 0.357 e. The topological polar surface area (TPSA) is 201 Å². The Morgan fingerprint density at radius 2 is 1.67 bits per heavy atom. The third-order valence-electron chi connectivity index (χ3n) is 5.95. The fraction of sp³-hybridized carbons (Fsp3) is 0.393. The van der Waals surface area contributed by atoms with Crippen molar-refractivity contribution in [2.45, 2.75) is 51.3 Å². The van der Waals surface area contributed by atoms with Gasteiger partial charge in [-0.05, 0) is 81.6 Å². The van der Waals surface area contributed by atoms with Crippen LogP contribution in [-0.4, -0.2) is 61.9 Å². The maximum Gasteiger partial charge on any atom is 0.357 e. The molecule has 0 aliphatic heterocycles. The second kappa shape index (κ2) is 14.0. The van der Waals surface area contributed by atoms with Crippen LogP contribution in [0.25, 0.3) is 10.9 Å². The predicted molar refractivity (Wildman–Crippen MR) is 158 cm³/mol. The maximum atomic E-state index is 12.6. The average molecular weight is 604 g/mol. The standard InChI is InChI=1S/C28H37N5O8S/c1-28(2,26(35)39-25(34)23(29)6-4-14-32-27(30)31)40-21-9-7-20(8-10-21)38-17-5-15-33-16-13-19-18-22(11-12-24(19)33)41-42(3,36)37/h7-13,16,18,23H,4-6,14-15,17,29H2,1-3H3,(H4,30,31,32)/t23-/m0/s1. The van der Waals surface area contributed by atoms with E-state index in [-0.39, 0.29) is 18.1 Å². The molecule has 0 aliphatic carbocycles. The minimum Gasteiger partial charge on any atom is -0.494 e. The number of hydrogen-bond acceptors (Lipinski definition) is 10. The molecule has 14 heteroatoms. The number of carbonyl (C=O) groups is 2. The fourth-order valence-electron chi connectivity index (χ4n) is 3.89. The molecule has 1 heterocycles. The van der Waals surface area contributed by atoms with E-state index in [0.717, 1.165) is 17.2 Å². The monoisotopic (exact) mass is 603 g/mol. The summed E-state index contributed by atoms with van der Waals surface area (Å²) in [5.74, 6) is -0.513. The molecule has 6 N–H and O–H groups in total. The predicted octanol–water partition coefficient (Wildman–Crippen LogP) is 2.06. The summed E-state index contributed by atoms with van der Waals surface area (Å²) in [7, 11) is -3.59. The molecular formula is C28H37N5O8S. The number of carbonyl (C=O) groups excluding carboxylic acids is 2. The Labute approximate surface area is 244 Å². The maximum absolute atomic E-state index is 12.6. The summed E-state index contributed by atoms with van der Waals surface area (Å²) in [4.78, 5) is 28.6. The summed E-state index contributed by atoms with van der Waals surface area (Å²) in [5, 5.41) is 0.867. The molecule has 0 aliphatic rings. The first-order chi connectivity index (χ1) is 19.7. The number of fused-ring (bicyclic) bond motifs is 1. The minimum absolute atomic E-state index is 0.0520. The summed E-state index contributed by atoms with van der Waals surface area (Å²) in [6, 6.07) is 12.7. The third-order valence-corrected chi connectivity index (χ3v) is 6.45. The lowest BCUT2D eigenvalue weighted by Gasteiger charge is -2.24. The first-order valence-corrected chi connectivity index (χ1v) is 15.0. The average Bonchev–Trinajstić information content (AvgIpc) is 3.30. The highest BCUT2D eigenvalue weighted by molar-refractivity contribution is 7.86. The van der Waals surface area contributed by atoms with Gasteiger partial charge in [0, 0.05) is 30.2 Å². The molecule has 3 aromatic rings.